The first-order valence-electron chi connectivity index (χ1n) is 7.05. The summed E-state index contributed by atoms with van der Waals surface area (Å²) in [6.07, 6.45) is 5.18. The van der Waals surface area contributed by atoms with E-state index in [-0.39, 0.29) is 5.91 Å². The summed E-state index contributed by atoms with van der Waals surface area (Å²) in [5.74, 6) is 0.0719. The number of amides is 1. The van der Waals surface area contributed by atoms with Gasteiger partial charge >= 0.3 is 0 Å². The zero-order valence-electron chi connectivity index (χ0n) is 11.6. The highest BCUT2D eigenvalue weighted by atomic mass is 79.9. The Morgan fingerprint density at radius 3 is 2.65 bits per heavy atom. The van der Waals surface area contributed by atoms with Crippen molar-refractivity contribution < 1.29 is 4.79 Å². The Balaban J connectivity index is 1.88. The second-order valence-electron chi connectivity index (χ2n) is 5.34. The molecule has 20 heavy (non-hydrogen) atoms. The molecular weight excluding hydrogens is 384 g/mol. The Morgan fingerprint density at radius 2 is 2.05 bits per heavy atom. The third kappa shape index (κ3) is 4.57. The van der Waals surface area contributed by atoms with Crippen molar-refractivity contribution in [3.8, 4) is 0 Å². The summed E-state index contributed by atoms with van der Waals surface area (Å²) in [5, 5.41) is 6.45. The first kappa shape index (κ1) is 16.0. The lowest BCUT2D eigenvalue weighted by atomic mass is 10.0. The number of carbonyl (C=O) groups excluding carboxylic acids is 1. The second kappa shape index (κ2) is 7.57. The lowest BCUT2D eigenvalue weighted by Gasteiger charge is -2.23. The number of halogens is 2. The molecule has 1 aromatic rings. The van der Waals surface area contributed by atoms with Gasteiger partial charge in [0, 0.05) is 21.4 Å². The zero-order valence-corrected chi connectivity index (χ0v) is 14.8. The summed E-state index contributed by atoms with van der Waals surface area (Å²) in [4.78, 5) is 12.1. The Kier molecular flexibility index (Phi) is 6.05. The van der Waals surface area contributed by atoms with E-state index >= 15 is 0 Å². The molecule has 1 fully saturated rings. The highest BCUT2D eigenvalue weighted by Gasteiger charge is 2.15. The highest BCUT2D eigenvalue weighted by Crippen LogP contribution is 2.32. The number of hydrogen-bond donors (Lipinski definition) is 2. The average molecular weight is 404 g/mol. The zero-order chi connectivity index (χ0) is 14.5. The lowest BCUT2D eigenvalue weighted by molar-refractivity contribution is -0.116. The molecule has 1 saturated heterocycles. The van der Waals surface area contributed by atoms with E-state index in [1.807, 2.05) is 19.1 Å². The molecule has 0 aliphatic carbocycles. The van der Waals surface area contributed by atoms with Crippen LogP contribution in [0.1, 0.15) is 37.7 Å². The normalized spacial score (nSPS) is 18.9. The fourth-order valence-corrected chi connectivity index (χ4v) is 4.11. The van der Waals surface area contributed by atoms with Gasteiger partial charge in [-0.1, -0.05) is 6.42 Å². The first-order chi connectivity index (χ1) is 9.56. The van der Waals surface area contributed by atoms with Crippen molar-refractivity contribution in [2.24, 2.45) is 0 Å². The molecule has 0 saturated carbocycles. The monoisotopic (exact) mass is 402 g/mol. The van der Waals surface area contributed by atoms with Crippen LogP contribution in [-0.4, -0.2) is 18.5 Å². The fraction of sp³-hybridized carbons (Fsp3) is 0.533. The van der Waals surface area contributed by atoms with E-state index in [0.29, 0.717) is 12.5 Å². The van der Waals surface area contributed by atoms with Gasteiger partial charge in [-0.25, -0.2) is 0 Å². The maximum Gasteiger partial charge on any atom is 0.224 e. The minimum atomic E-state index is 0.0719. The van der Waals surface area contributed by atoms with Crippen molar-refractivity contribution in [2.45, 2.75) is 45.1 Å². The lowest BCUT2D eigenvalue weighted by Crippen LogP contribution is -2.34. The van der Waals surface area contributed by atoms with E-state index in [9.17, 15) is 4.79 Å². The predicted molar refractivity (Wildman–Crippen MR) is 90.1 cm³/mol. The predicted octanol–water partition coefficient (Wildman–Crippen LogP) is 4.38. The molecule has 1 amide bonds. The summed E-state index contributed by atoms with van der Waals surface area (Å²) in [6, 6.07) is 4.51. The van der Waals surface area contributed by atoms with Crippen LogP contribution in [0.4, 0.5) is 5.69 Å². The Morgan fingerprint density at radius 1 is 1.35 bits per heavy atom. The van der Waals surface area contributed by atoms with Crippen LogP contribution in [0.3, 0.4) is 0 Å². The number of rotatable bonds is 4. The molecule has 2 rings (SSSR count). The summed E-state index contributed by atoms with van der Waals surface area (Å²) in [6.45, 7) is 3.11. The summed E-state index contributed by atoms with van der Waals surface area (Å²) < 4.78 is 1.82. The van der Waals surface area contributed by atoms with Gasteiger partial charge in [0.25, 0.3) is 0 Å². The Hall–Kier alpha value is -0.390. The minimum absolute atomic E-state index is 0.0719. The maximum atomic E-state index is 12.1. The van der Waals surface area contributed by atoms with Crippen molar-refractivity contribution in [1.29, 1.82) is 0 Å². The van der Waals surface area contributed by atoms with Crippen LogP contribution in [0.5, 0.6) is 0 Å². The van der Waals surface area contributed by atoms with E-state index < -0.39 is 0 Å². The van der Waals surface area contributed by atoms with Gasteiger partial charge in [0.1, 0.15) is 0 Å². The molecule has 5 heteroatoms. The molecule has 1 aliphatic heterocycles. The van der Waals surface area contributed by atoms with Crippen LogP contribution in [0, 0.1) is 6.92 Å². The molecular formula is C15H20Br2N2O. The molecule has 0 bridgehead atoms. The number of hydrogen-bond acceptors (Lipinski definition) is 2. The van der Waals surface area contributed by atoms with Gasteiger partial charge in [0.15, 0.2) is 0 Å². The number of anilines is 1. The van der Waals surface area contributed by atoms with Gasteiger partial charge in [-0.15, -0.1) is 0 Å². The number of benzene rings is 1. The molecule has 1 unspecified atom stereocenters. The second-order valence-corrected chi connectivity index (χ2v) is 7.05. The molecule has 2 N–H and O–H groups in total. The van der Waals surface area contributed by atoms with Crippen LogP contribution in [0.25, 0.3) is 0 Å². The van der Waals surface area contributed by atoms with Gasteiger partial charge in [0.2, 0.25) is 5.91 Å². The Labute approximate surface area is 137 Å². The van der Waals surface area contributed by atoms with Crippen molar-refractivity contribution in [2.75, 3.05) is 11.9 Å². The van der Waals surface area contributed by atoms with Crippen LogP contribution in [0.15, 0.2) is 21.1 Å². The topological polar surface area (TPSA) is 41.1 Å². The van der Waals surface area contributed by atoms with Gasteiger partial charge in [0.05, 0.1) is 5.69 Å². The minimum Gasteiger partial charge on any atom is -0.324 e. The fourth-order valence-electron chi connectivity index (χ4n) is 2.50. The highest BCUT2D eigenvalue weighted by molar-refractivity contribution is 9.11. The molecule has 0 aromatic heterocycles. The van der Waals surface area contributed by atoms with Crippen LogP contribution in [0.2, 0.25) is 0 Å². The molecule has 1 aliphatic rings. The summed E-state index contributed by atoms with van der Waals surface area (Å²) in [5.41, 5.74) is 1.96. The molecule has 1 aromatic carbocycles. The van der Waals surface area contributed by atoms with E-state index in [1.165, 1.54) is 19.3 Å². The van der Waals surface area contributed by atoms with Crippen molar-refractivity contribution in [1.82, 2.24) is 5.32 Å². The van der Waals surface area contributed by atoms with Crippen LogP contribution < -0.4 is 10.6 Å². The van der Waals surface area contributed by atoms with E-state index in [2.05, 4.69) is 42.5 Å². The smallest absolute Gasteiger partial charge is 0.224 e. The first-order valence-corrected chi connectivity index (χ1v) is 8.64. The van der Waals surface area contributed by atoms with Gasteiger partial charge in [-0.2, -0.15) is 0 Å². The van der Waals surface area contributed by atoms with Crippen molar-refractivity contribution >= 4 is 43.5 Å². The maximum absolute atomic E-state index is 12.1. The molecule has 110 valence electrons. The SMILES string of the molecule is Cc1cc(Br)c(NC(=O)CCC2CCCCN2)c(Br)c1. The molecule has 1 atom stereocenters. The Bertz CT molecular complexity index is 462. The van der Waals surface area contributed by atoms with Gasteiger partial charge in [-0.05, 0) is 82.3 Å². The number of piperidine rings is 1. The molecule has 0 spiro atoms. The van der Waals surface area contributed by atoms with Crippen LogP contribution >= 0.6 is 31.9 Å². The quantitative estimate of drug-likeness (QED) is 0.782. The average Bonchev–Trinajstić information content (AvgIpc) is 2.42. The summed E-state index contributed by atoms with van der Waals surface area (Å²) in [7, 11) is 0. The standard InChI is InChI=1S/C15H20Br2N2O/c1-10-8-12(16)15(13(17)9-10)19-14(20)6-5-11-4-2-3-7-18-11/h8-9,11,18H,2-7H2,1H3,(H,19,20). The third-order valence-corrected chi connectivity index (χ3v) is 4.83. The van der Waals surface area contributed by atoms with Gasteiger partial charge < -0.3 is 10.6 Å². The van der Waals surface area contributed by atoms with E-state index in [0.717, 1.165) is 33.2 Å². The number of nitrogens with one attached hydrogen (secondary N) is 2. The van der Waals surface area contributed by atoms with E-state index in [4.69, 9.17) is 0 Å². The molecule has 3 nitrogen and oxygen atoms in total. The largest absolute Gasteiger partial charge is 0.324 e. The summed E-state index contributed by atoms with van der Waals surface area (Å²) >= 11 is 6.99. The molecule has 1 heterocycles. The van der Waals surface area contributed by atoms with Crippen LogP contribution in [-0.2, 0) is 4.79 Å². The van der Waals surface area contributed by atoms with Gasteiger partial charge in [-0.3, -0.25) is 4.79 Å². The van der Waals surface area contributed by atoms with Crippen molar-refractivity contribution in [3.63, 3.8) is 0 Å². The third-order valence-electron chi connectivity index (χ3n) is 3.58. The number of carbonyl (C=O) groups is 1. The molecule has 0 radical (unpaired) electrons. The number of aryl methyl sites for hydroxylation is 1. The van der Waals surface area contributed by atoms with E-state index in [1.54, 1.807) is 0 Å². The van der Waals surface area contributed by atoms with Crippen molar-refractivity contribution in [3.05, 3.63) is 26.6 Å².